The molecule has 0 saturated carbocycles. The number of carbonyl (C=O) groups excluding carboxylic acids is 1. The summed E-state index contributed by atoms with van der Waals surface area (Å²) in [7, 11) is 0. The fourth-order valence-electron chi connectivity index (χ4n) is 1.81. The molecule has 0 aromatic heterocycles. The van der Waals surface area contributed by atoms with E-state index < -0.39 is 0 Å². The van der Waals surface area contributed by atoms with E-state index in [0.29, 0.717) is 6.42 Å². The molecular formula is C15H19OY-. The van der Waals surface area contributed by atoms with Gasteiger partial charge in [-0.15, -0.1) is 0 Å². The second-order valence-corrected chi connectivity index (χ2v) is 4.54. The molecule has 89 valence electrons. The molecule has 0 heterocycles. The number of rotatable bonds is 4. The van der Waals surface area contributed by atoms with Gasteiger partial charge in [0.2, 0.25) is 0 Å². The van der Waals surface area contributed by atoms with E-state index in [0.717, 1.165) is 12.0 Å². The van der Waals surface area contributed by atoms with Crippen LogP contribution in [-0.4, -0.2) is 5.78 Å². The molecule has 0 unspecified atom stereocenters. The van der Waals surface area contributed by atoms with Crippen LogP contribution in [-0.2, 0) is 43.9 Å². The Balaban J connectivity index is 0.00000256. The van der Waals surface area contributed by atoms with E-state index in [1.54, 1.807) is 0 Å². The molecular weight excluding hydrogens is 285 g/mol. The van der Waals surface area contributed by atoms with Crippen molar-refractivity contribution in [2.45, 2.75) is 40.5 Å². The molecule has 0 atom stereocenters. The van der Waals surface area contributed by atoms with E-state index in [1.165, 1.54) is 16.7 Å². The summed E-state index contributed by atoms with van der Waals surface area (Å²) in [5.41, 5.74) is 4.70. The van der Waals surface area contributed by atoms with Crippen LogP contribution < -0.4 is 0 Å². The van der Waals surface area contributed by atoms with Crippen molar-refractivity contribution in [2.75, 3.05) is 0 Å². The van der Waals surface area contributed by atoms with Gasteiger partial charge in [-0.3, -0.25) is 5.57 Å². The van der Waals surface area contributed by atoms with Gasteiger partial charge in [0.05, 0.1) is 0 Å². The van der Waals surface area contributed by atoms with Gasteiger partial charge >= 0.3 is 0 Å². The summed E-state index contributed by atoms with van der Waals surface area (Å²) in [6, 6.07) is 6.43. The van der Waals surface area contributed by atoms with Gasteiger partial charge in [0.25, 0.3) is 0 Å². The Labute approximate surface area is 130 Å². The van der Waals surface area contributed by atoms with Gasteiger partial charge in [0.1, 0.15) is 0 Å². The van der Waals surface area contributed by atoms with Gasteiger partial charge in [0, 0.05) is 32.7 Å². The summed E-state index contributed by atoms with van der Waals surface area (Å²) < 4.78 is 0. The minimum Gasteiger partial charge on any atom is -0.428 e. The van der Waals surface area contributed by atoms with Crippen LogP contribution in [0.2, 0.25) is 0 Å². The first-order valence-electron chi connectivity index (χ1n) is 5.64. The van der Waals surface area contributed by atoms with Gasteiger partial charge in [-0.1, -0.05) is 43.2 Å². The van der Waals surface area contributed by atoms with Gasteiger partial charge in [-0.05, 0) is 38.0 Å². The SMILES string of the molecule is CC(C)=[C-]C(=O)CCc1cc(C)cc(C)c1.[Y]. The van der Waals surface area contributed by atoms with Crippen LogP contribution in [0.15, 0.2) is 23.8 Å². The van der Waals surface area contributed by atoms with Crippen LogP contribution in [0.4, 0.5) is 0 Å². The molecule has 0 amide bonds. The minimum atomic E-state index is 0. The Bertz CT molecular complexity index is 395. The van der Waals surface area contributed by atoms with Crippen LogP contribution in [0.5, 0.6) is 0 Å². The van der Waals surface area contributed by atoms with E-state index in [2.05, 4.69) is 38.1 Å². The number of hydrogen-bond donors (Lipinski definition) is 0. The molecule has 0 aliphatic heterocycles. The summed E-state index contributed by atoms with van der Waals surface area (Å²) in [5, 5.41) is 0. The van der Waals surface area contributed by atoms with Gasteiger partial charge < -0.3 is 10.9 Å². The maximum Gasteiger partial charge on any atom is 0 e. The molecule has 1 nitrogen and oxygen atoms in total. The summed E-state index contributed by atoms with van der Waals surface area (Å²) >= 11 is 0. The van der Waals surface area contributed by atoms with Crippen molar-refractivity contribution in [3.05, 3.63) is 46.5 Å². The van der Waals surface area contributed by atoms with E-state index in [9.17, 15) is 4.79 Å². The largest absolute Gasteiger partial charge is 0.428 e. The fraction of sp³-hybridized carbons (Fsp3) is 0.400. The third kappa shape index (κ3) is 6.90. The van der Waals surface area contributed by atoms with Crippen molar-refractivity contribution < 1.29 is 37.5 Å². The summed E-state index contributed by atoms with van der Waals surface area (Å²) in [4.78, 5) is 11.5. The van der Waals surface area contributed by atoms with E-state index in [4.69, 9.17) is 0 Å². The predicted molar refractivity (Wildman–Crippen MR) is 67.3 cm³/mol. The zero-order valence-corrected chi connectivity index (χ0v) is 14.0. The first kappa shape index (κ1) is 16.7. The van der Waals surface area contributed by atoms with Crippen LogP contribution in [0, 0.1) is 19.9 Å². The average molecular weight is 304 g/mol. The van der Waals surface area contributed by atoms with E-state index in [-0.39, 0.29) is 38.5 Å². The molecule has 0 fully saturated rings. The molecule has 2 heteroatoms. The number of carbonyl (C=O) groups is 1. The number of hydrogen-bond acceptors (Lipinski definition) is 1. The maximum atomic E-state index is 11.5. The summed E-state index contributed by atoms with van der Waals surface area (Å²) in [6.07, 6.45) is 4.18. The molecule has 17 heavy (non-hydrogen) atoms. The summed E-state index contributed by atoms with van der Waals surface area (Å²) in [6.45, 7) is 7.96. The predicted octanol–water partition coefficient (Wildman–Crippen LogP) is 3.57. The Kier molecular flexibility index (Phi) is 7.82. The van der Waals surface area contributed by atoms with E-state index >= 15 is 0 Å². The molecule has 0 N–H and O–H groups in total. The van der Waals surface area contributed by atoms with Crippen molar-refractivity contribution in [3.8, 4) is 0 Å². The number of benzene rings is 1. The topological polar surface area (TPSA) is 17.1 Å². The van der Waals surface area contributed by atoms with Gasteiger partial charge in [-0.2, -0.15) is 0 Å². The van der Waals surface area contributed by atoms with Crippen LogP contribution in [0.3, 0.4) is 0 Å². The normalized spacial score (nSPS) is 9.41. The fourth-order valence-corrected chi connectivity index (χ4v) is 1.81. The Morgan fingerprint density at radius 1 is 1.12 bits per heavy atom. The Morgan fingerprint density at radius 2 is 1.65 bits per heavy atom. The zero-order valence-electron chi connectivity index (χ0n) is 11.1. The van der Waals surface area contributed by atoms with Crippen molar-refractivity contribution in [3.63, 3.8) is 0 Å². The van der Waals surface area contributed by atoms with Crippen LogP contribution in [0.25, 0.3) is 0 Å². The number of Topliss-reactive ketones (excluding diaryl/α,β-unsaturated/α-hetero) is 1. The van der Waals surface area contributed by atoms with Crippen LogP contribution >= 0.6 is 0 Å². The van der Waals surface area contributed by atoms with Crippen molar-refractivity contribution in [1.82, 2.24) is 0 Å². The molecule has 0 aliphatic rings. The monoisotopic (exact) mass is 304 g/mol. The standard InChI is InChI=1S/C15H19O.Y/c1-11(2)7-15(16)6-5-14-9-12(3)8-13(4)10-14;/h8-10H,5-6H2,1-4H3;/q-1;. The number of ketones is 1. The maximum absolute atomic E-state index is 11.5. The molecule has 1 aromatic carbocycles. The van der Waals surface area contributed by atoms with Gasteiger partial charge in [0.15, 0.2) is 0 Å². The third-order valence-electron chi connectivity index (χ3n) is 2.31. The molecule has 0 aliphatic carbocycles. The summed E-state index contributed by atoms with van der Waals surface area (Å²) in [5.74, 6) is 0.0964. The average Bonchev–Trinajstić information content (AvgIpc) is 2.12. The Hall–Kier alpha value is -0.266. The smallest absolute Gasteiger partial charge is 0 e. The van der Waals surface area contributed by atoms with Gasteiger partial charge in [-0.25, -0.2) is 0 Å². The molecule has 0 saturated heterocycles. The number of aryl methyl sites for hydroxylation is 3. The second kappa shape index (κ2) is 7.95. The van der Waals surface area contributed by atoms with Crippen molar-refractivity contribution in [2.24, 2.45) is 0 Å². The molecule has 0 bridgehead atoms. The van der Waals surface area contributed by atoms with E-state index in [1.807, 2.05) is 13.8 Å². The van der Waals surface area contributed by atoms with Crippen LogP contribution in [0.1, 0.15) is 37.0 Å². The Morgan fingerprint density at radius 3 is 2.12 bits per heavy atom. The molecule has 0 spiro atoms. The first-order chi connectivity index (χ1) is 7.47. The molecule has 1 radical (unpaired) electrons. The quantitative estimate of drug-likeness (QED) is 0.614. The minimum absolute atomic E-state index is 0. The first-order valence-corrected chi connectivity index (χ1v) is 5.64. The van der Waals surface area contributed by atoms with Crippen molar-refractivity contribution in [1.29, 1.82) is 0 Å². The number of allylic oxidation sites excluding steroid dienone is 2. The zero-order chi connectivity index (χ0) is 12.1. The second-order valence-electron chi connectivity index (χ2n) is 4.54. The molecule has 1 aromatic rings. The molecule has 1 rings (SSSR count). The third-order valence-corrected chi connectivity index (χ3v) is 2.31. The van der Waals surface area contributed by atoms with Crippen molar-refractivity contribution >= 4 is 5.78 Å².